The highest BCUT2D eigenvalue weighted by Crippen LogP contribution is 2.33. The van der Waals surface area contributed by atoms with Gasteiger partial charge >= 0.3 is 6.16 Å². The summed E-state index contributed by atoms with van der Waals surface area (Å²) < 4.78 is 6.80. The van der Waals surface area contributed by atoms with Gasteiger partial charge in [0, 0.05) is 12.0 Å². The van der Waals surface area contributed by atoms with Gasteiger partial charge in [0.25, 0.3) is 0 Å². The zero-order chi connectivity index (χ0) is 24.3. The number of ether oxygens (including phenoxy) is 1. The Balaban J connectivity index is 1.70. The Morgan fingerprint density at radius 2 is 1.82 bits per heavy atom. The number of aromatic amines is 1. The summed E-state index contributed by atoms with van der Waals surface area (Å²) in [5.74, 6) is 1.27. The van der Waals surface area contributed by atoms with E-state index in [4.69, 9.17) is 4.74 Å². The van der Waals surface area contributed by atoms with Gasteiger partial charge in [-0.25, -0.2) is 14.9 Å². The van der Waals surface area contributed by atoms with Crippen LogP contribution in [-0.2, 0) is 18.6 Å². The molecule has 0 aliphatic rings. The van der Waals surface area contributed by atoms with Crippen LogP contribution in [0.15, 0.2) is 48.5 Å². The van der Waals surface area contributed by atoms with E-state index in [1.807, 2.05) is 55.5 Å². The molecule has 10 nitrogen and oxygen atoms in total. The number of hydrogen-bond acceptors (Lipinski definition) is 7. The van der Waals surface area contributed by atoms with Crippen molar-refractivity contribution in [3.63, 3.8) is 0 Å². The fourth-order valence-corrected chi connectivity index (χ4v) is 3.83. The van der Waals surface area contributed by atoms with E-state index in [1.54, 1.807) is 18.4 Å². The number of aryl methyl sites for hydroxylation is 1. The molecule has 0 atom stereocenters. The van der Waals surface area contributed by atoms with Crippen LogP contribution in [0.2, 0.25) is 0 Å². The van der Waals surface area contributed by atoms with E-state index >= 15 is 0 Å². The molecule has 0 bridgehead atoms. The van der Waals surface area contributed by atoms with Crippen LogP contribution in [0.3, 0.4) is 0 Å². The highest BCUT2D eigenvalue weighted by atomic mass is 16.7. The van der Waals surface area contributed by atoms with Gasteiger partial charge in [-0.3, -0.25) is 4.57 Å². The van der Waals surface area contributed by atoms with Gasteiger partial charge in [0.2, 0.25) is 5.88 Å². The lowest BCUT2D eigenvalue weighted by molar-refractivity contribution is 0.0695. The first-order chi connectivity index (χ1) is 16.3. The molecule has 176 valence electrons. The largest absolute Gasteiger partial charge is 0.512 e. The van der Waals surface area contributed by atoms with E-state index in [0.717, 1.165) is 28.7 Å². The van der Waals surface area contributed by atoms with Gasteiger partial charge in [-0.15, -0.1) is 5.10 Å². The van der Waals surface area contributed by atoms with Gasteiger partial charge in [0.1, 0.15) is 17.1 Å². The Hall–Kier alpha value is -4.05. The fourth-order valence-electron chi connectivity index (χ4n) is 3.83. The second-order valence-corrected chi connectivity index (χ2v) is 8.44. The summed E-state index contributed by atoms with van der Waals surface area (Å²) in [5, 5.41) is 34.0. The van der Waals surface area contributed by atoms with Crippen LogP contribution in [0, 0.1) is 0 Å². The predicted octanol–water partition coefficient (Wildman–Crippen LogP) is 4.02. The Morgan fingerprint density at radius 1 is 1.12 bits per heavy atom. The first kappa shape index (κ1) is 23.1. The van der Waals surface area contributed by atoms with Crippen LogP contribution in [0.5, 0.6) is 5.88 Å². The van der Waals surface area contributed by atoms with Gasteiger partial charge in [-0.05, 0) is 47.4 Å². The van der Waals surface area contributed by atoms with Gasteiger partial charge in [-0.1, -0.05) is 55.5 Å². The molecule has 0 spiro atoms. The lowest BCUT2D eigenvalue weighted by Gasteiger charge is -2.17. The van der Waals surface area contributed by atoms with Gasteiger partial charge in [-0.2, -0.15) is 0 Å². The van der Waals surface area contributed by atoms with Crippen LogP contribution >= 0.6 is 0 Å². The molecule has 0 saturated carbocycles. The van der Waals surface area contributed by atoms with E-state index in [1.165, 1.54) is 0 Å². The smallest absolute Gasteiger partial charge is 0.449 e. The van der Waals surface area contributed by atoms with Crippen molar-refractivity contribution >= 4 is 6.16 Å². The summed E-state index contributed by atoms with van der Waals surface area (Å²) in [7, 11) is 0. The maximum absolute atomic E-state index is 11.4. The maximum Gasteiger partial charge on any atom is 0.512 e. The molecule has 3 N–H and O–H groups in total. The summed E-state index contributed by atoms with van der Waals surface area (Å²) >= 11 is 0. The number of hydrogen-bond donors (Lipinski definition) is 3. The van der Waals surface area contributed by atoms with Crippen molar-refractivity contribution < 1.29 is 19.7 Å². The van der Waals surface area contributed by atoms with Crippen molar-refractivity contribution in [2.45, 2.75) is 45.8 Å². The monoisotopic (exact) mass is 462 g/mol. The van der Waals surface area contributed by atoms with Gasteiger partial charge in [0.05, 0.1) is 6.54 Å². The molecular formula is C24H26N6O4. The number of nitrogens with zero attached hydrogens (tertiary/aromatic N) is 5. The third kappa shape index (κ3) is 4.81. The molecule has 4 aromatic rings. The first-order valence-electron chi connectivity index (χ1n) is 10.9. The second kappa shape index (κ2) is 9.44. The number of rotatable bonds is 8. The zero-order valence-corrected chi connectivity index (χ0v) is 19.2. The number of nitrogens with one attached hydrogen (secondary N) is 1. The number of H-pyrrole nitrogens is 1. The minimum Gasteiger partial charge on any atom is -0.449 e. The van der Waals surface area contributed by atoms with Crippen LogP contribution in [0.1, 0.15) is 44.3 Å². The third-order valence-electron chi connectivity index (χ3n) is 5.37. The van der Waals surface area contributed by atoms with Crippen molar-refractivity contribution in [1.29, 1.82) is 0 Å². The molecule has 0 saturated heterocycles. The molecule has 0 unspecified atom stereocenters. The van der Waals surface area contributed by atoms with Crippen LogP contribution in [-0.4, -0.2) is 46.5 Å². The SMILES string of the molecule is CCCc1nc(C(C)(C)O)c(OC(=O)O)n1Cc1ccc(-c2ccccc2-c2nnn[nH]2)cc1. The highest BCUT2D eigenvalue weighted by Gasteiger charge is 2.30. The minimum absolute atomic E-state index is 0.0377. The quantitative estimate of drug-likeness (QED) is 0.334. The molecule has 34 heavy (non-hydrogen) atoms. The van der Waals surface area contributed by atoms with Crippen molar-refractivity contribution in [1.82, 2.24) is 30.2 Å². The number of carboxylic acid groups (broad SMARTS) is 1. The lowest BCUT2D eigenvalue weighted by Crippen LogP contribution is -2.19. The Kier molecular flexibility index (Phi) is 6.42. The lowest BCUT2D eigenvalue weighted by atomic mass is 9.98. The number of benzene rings is 2. The zero-order valence-electron chi connectivity index (χ0n) is 19.2. The summed E-state index contributed by atoms with van der Waals surface area (Å²) in [5.41, 5.74) is 2.60. The number of aliphatic hydroxyl groups is 1. The van der Waals surface area contributed by atoms with Crippen LogP contribution in [0.25, 0.3) is 22.5 Å². The predicted molar refractivity (Wildman–Crippen MR) is 124 cm³/mol. The minimum atomic E-state index is -1.46. The van der Waals surface area contributed by atoms with Crippen LogP contribution in [0.4, 0.5) is 4.79 Å². The fraction of sp³-hybridized carbons (Fsp3) is 0.292. The molecule has 0 radical (unpaired) electrons. The van der Waals surface area contributed by atoms with Crippen molar-refractivity contribution in [2.75, 3.05) is 0 Å². The van der Waals surface area contributed by atoms with E-state index < -0.39 is 11.8 Å². The van der Waals surface area contributed by atoms with E-state index in [9.17, 15) is 15.0 Å². The van der Waals surface area contributed by atoms with Crippen molar-refractivity contribution in [2.24, 2.45) is 0 Å². The van der Waals surface area contributed by atoms with Gasteiger partial charge < -0.3 is 14.9 Å². The standard InChI is InChI=1S/C24H26N6O4/c1-4-7-19-25-20(24(2,3)33)22(34-23(31)32)30(19)14-15-10-12-16(13-11-15)17-8-5-6-9-18(17)21-26-28-29-27-21/h5-6,8-13,33H,4,7,14H2,1-3H3,(H,31,32)(H,26,27,28,29). The molecule has 10 heteroatoms. The van der Waals surface area contributed by atoms with Crippen molar-refractivity contribution in [3.8, 4) is 28.4 Å². The molecular weight excluding hydrogens is 436 g/mol. The second-order valence-electron chi connectivity index (χ2n) is 8.44. The normalized spacial score (nSPS) is 11.5. The average molecular weight is 463 g/mol. The molecule has 0 aliphatic heterocycles. The molecule has 4 rings (SSSR count). The number of aromatic nitrogens is 6. The number of imidazole rings is 1. The number of carbonyl (C=O) groups is 1. The molecule has 0 amide bonds. The summed E-state index contributed by atoms with van der Waals surface area (Å²) in [6.07, 6.45) is -0.0346. The molecule has 2 aromatic carbocycles. The first-order valence-corrected chi connectivity index (χ1v) is 10.9. The molecule has 0 fully saturated rings. The summed E-state index contributed by atoms with van der Waals surface area (Å²) in [4.78, 5) is 15.9. The Labute approximate surface area is 196 Å². The third-order valence-corrected chi connectivity index (χ3v) is 5.37. The van der Waals surface area contributed by atoms with E-state index in [0.29, 0.717) is 24.6 Å². The number of tetrazole rings is 1. The van der Waals surface area contributed by atoms with Crippen LogP contribution < -0.4 is 4.74 Å². The highest BCUT2D eigenvalue weighted by molar-refractivity contribution is 5.80. The van der Waals surface area contributed by atoms with E-state index in [2.05, 4.69) is 25.6 Å². The molecule has 0 aliphatic carbocycles. The van der Waals surface area contributed by atoms with Crippen molar-refractivity contribution in [3.05, 3.63) is 65.6 Å². The average Bonchev–Trinajstić information content (AvgIpc) is 3.44. The topological polar surface area (TPSA) is 139 Å². The summed E-state index contributed by atoms with van der Waals surface area (Å²) in [6, 6.07) is 15.7. The molecule has 2 heterocycles. The Bertz CT molecular complexity index is 1270. The van der Waals surface area contributed by atoms with Gasteiger partial charge in [0.15, 0.2) is 5.82 Å². The van der Waals surface area contributed by atoms with E-state index in [-0.39, 0.29) is 11.6 Å². The Morgan fingerprint density at radius 3 is 2.41 bits per heavy atom. The maximum atomic E-state index is 11.4. The summed E-state index contributed by atoms with van der Waals surface area (Å²) in [6.45, 7) is 5.46. The molecule has 2 aromatic heterocycles.